The molecule has 2 heterocycles. The fourth-order valence-corrected chi connectivity index (χ4v) is 3.74. The molecule has 2 aliphatic rings. The van der Waals surface area contributed by atoms with Gasteiger partial charge in [0.15, 0.2) is 0 Å². The van der Waals surface area contributed by atoms with Crippen LogP contribution < -0.4 is 0 Å². The Bertz CT molecular complexity index is 760. The third kappa shape index (κ3) is 13.1. The summed E-state index contributed by atoms with van der Waals surface area (Å²) in [5, 5.41) is 10.3. The standard InChI is InChI=1S/C16H24N2O3.C8H9F.3C2H6/c1-3-9-21-10-5-4-6-13-12(2)11-17-15-14(13)7-8-18(20)16(15)19;1-2-7-3-5-8(9)6-4-7;3*1-2/h3,11,14-15,20H,1,4-10H2,2H3;3-6H,2H2,1H3;3*1-2H3. The minimum Gasteiger partial charge on any atom is -0.377 e. The molecular weight excluding hydrogens is 455 g/mol. The summed E-state index contributed by atoms with van der Waals surface area (Å²) in [6, 6.07) is 6.14. The zero-order valence-electron chi connectivity index (χ0n) is 24.0. The number of benzene rings is 1. The Kier molecular flexibility index (Phi) is 23.0. The molecule has 0 aliphatic carbocycles. The molecule has 1 saturated heterocycles. The summed E-state index contributed by atoms with van der Waals surface area (Å²) < 4.78 is 17.6. The second-order valence-corrected chi connectivity index (χ2v) is 7.59. The Morgan fingerprint density at radius 1 is 1.14 bits per heavy atom. The molecule has 1 aromatic carbocycles. The van der Waals surface area contributed by atoms with E-state index in [0.29, 0.717) is 13.2 Å². The molecule has 2 aliphatic heterocycles. The number of rotatable bonds is 8. The average Bonchev–Trinajstić information content (AvgIpc) is 2.93. The quantitative estimate of drug-likeness (QED) is 0.222. The van der Waals surface area contributed by atoms with Gasteiger partial charge in [0, 0.05) is 25.3 Å². The monoisotopic (exact) mass is 506 g/mol. The van der Waals surface area contributed by atoms with Gasteiger partial charge >= 0.3 is 0 Å². The van der Waals surface area contributed by atoms with Crippen LogP contribution in [0.25, 0.3) is 0 Å². The van der Waals surface area contributed by atoms with Crippen molar-refractivity contribution in [3.8, 4) is 0 Å². The number of dihydropyridines is 1. The van der Waals surface area contributed by atoms with Crippen molar-refractivity contribution in [2.24, 2.45) is 10.9 Å². The Balaban J connectivity index is 0. The molecule has 0 aromatic heterocycles. The number of allylic oxidation sites excluding steroid dienone is 1. The molecule has 1 amide bonds. The van der Waals surface area contributed by atoms with Gasteiger partial charge in [-0.15, -0.1) is 6.58 Å². The Hall–Kier alpha value is -2.31. The molecule has 6 heteroatoms. The number of halogens is 1. The van der Waals surface area contributed by atoms with Crippen molar-refractivity contribution < 1.29 is 19.1 Å². The number of carbonyl (C=O) groups is 1. The van der Waals surface area contributed by atoms with Crippen molar-refractivity contribution in [3.63, 3.8) is 0 Å². The zero-order chi connectivity index (χ0) is 27.9. The van der Waals surface area contributed by atoms with Crippen LogP contribution in [0.3, 0.4) is 0 Å². The summed E-state index contributed by atoms with van der Waals surface area (Å²) in [6.45, 7) is 21.5. The highest BCUT2D eigenvalue weighted by molar-refractivity contribution is 5.89. The van der Waals surface area contributed by atoms with E-state index in [4.69, 9.17) is 4.74 Å². The number of hydrogen-bond donors (Lipinski definition) is 1. The molecule has 1 fully saturated rings. The van der Waals surface area contributed by atoms with Gasteiger partial charge in [-0.1, -0.05) is 72.2 Å². The number of aryl methyl sites for hydroxylation is 1. The Morgan fingerprint density at radius 3 is 2.31 bits per heavy atom. The summed E-state index contributed by atoms with van der Waals surface area (Å²) in [4.78, 5) is 16.3. The first-order valence-electron chi connectivity index (χ1n) is 13.6. The largest absolute Gasteiger partial charge is 0.377 e. The van der Waals surface area contributed by atoms with Gasteiger partial charge in [-0.2, -0.15) is 0 Å². The minimum atomic E-state index is -0.431. The number of nitrogens with zero attached hydrogens (tertiary/aromatic N) is 2. The fraction of sp³-hybridized carbons (Fsp3) is 0.600. The number of carbonyl (C=O) groups excluding carboxylic acids is 1. The molecular formula is C30H51FN2O3. The van der Waals surface area contributed by atoms with Crippen molar-refractivity contribution in [1.82, 2.24) is 5.06 Å². The van der Waals surface area contributed by atoms with E-state index in [2.05, 4.69) is 18.5 Å². The highest BCUT2D eigenvalue weighted by atomic mass is 19.1. The molecule has 1 N–H and O–H groups in total. The van der Waals surface area contributed by atoms with Gasteiger partial charge in [0.25, 0.3) is 5.91 Å². The first-order valence-corrected chi connectivity index (χ1v) is 13.6. The SMILES string of the molecule is C=CCOCCCCC1=C(C)C=NC2C(=O)N(O)CCC12.CC.CC.CC.CCc1ccc(F)cc1. The molecule has 3 rings (SSSR count). The normalized spacial score (nSPS) is 17.6. The van der Waals surface area contributed by atoms with Crippen LogP contribution >= 0.6 is 0 Å². The first-order chi connectivity index (χ1) is 17.5. The van der Waals surface area contributed by atoms with E-state index >= 15 is 0 Å². The van der Waals surface area contributed by atoms with Crippen LogP contribution in [0, 0.1) is 11.7 Å². The fourth-order valence-electron chi connectivity index (χ4n) is 3.74. The summed E-state index contributed by atoms with van der Waals surface area (Å²) in [6.07, 6.45) is 8.29. The van der Waals surface area contributed by atoms with Gasteiger partial charge in [-0.25, -0.2) is 9.45 Å². The molecule has 1 aromatic rings. The van der Waals surface area contributed by atoms with E-state index in [1.807, 2.05) is 48.5 Å². The van der Waals surface area contributed by atoms with Crippen molar-refractivity contribution in [3.05, 3.63) is 59.4 Å². The first kappa shape index (κ1) is 35.8. The Morgan fingerprint density at radius 2 is 1.75 bits per heavy atom. The number of hydroxylamine groups is 2. The molecule has 5 nitrogen and oxygen atoms in total. The van der Waals surface area contributed by atoms with Gasteiger partial charge in [0.05, 0.1) is 6.61 Å². The number of piperidine rings is 1. The molecule has 0 radical (unpaired) electrons. The van der Waals surface area contributed by atoms with Crippen LogP contribution in [0.4, 0.5) is 4.39 Å². The molecule has 0 saturated carbocycles. The highest BCUT2D eigenvalue weighted by Gasteiger charge is 2.39. The highest BCUT2D eigenvalue weighted by Crippen LogP contribution is 2.34. The van der Waals surface area contributed by atoms with Crippen molar-refractivity contribution in [2.75, 3.05) is 19.8 Å². The lowest BCUT2D eigenvalue weighted by Gasteiger charge is -2.36. The predicted molar refractivity (Wildman–Crippen MR) is 151 cm³/mol. The molecule has 0 bridgehead atoms. The smallest absolute Gasteiger partial charge is 0.271 e. The molecule has 2 atom stereocenters. The maximum absolute atomic E-state index is 12.2. The zero-order valence-corrected chi connectivity index (χ0v) is 24.0. The van der Waals surface area contributed by atoms with Crippen LogP contribution in [0.5, 0.6) is 0 Å². The topological polar surface area (TPSA) is 62.1 Å². The number of hydrogen-bond acceptors (Lipinski definition) is 4. The number of unbranched alkanes of at least 4 members (excludes halogenated alkanes) is 1. The van der Waals surface area contributed by atoms with Gasteiger partial charge in [0.1, 0.15) is 11.9 Å². The van der Waals surface area contributed by atoms with E-state index in [9.17, 15) is 14.4 Å². The maximum Gasteiger partial charge on any atom is 0.271 e. The molecule has 36 heavy (non-hydrogen) atoms. The van der Waals surface area contributed by atoms with Crippen LogP contribution in [0.1, 0.15) is 86.6 Å². The van der Waals surface area contributed by atoms with E-state index in [-0.39, 0.29) is 17.6 Å². The average molecular weight is 507 g/mol. The summed E-state index contributed by atoms with van der Waals surface area (Å²) in [5.41, 5.74) is 3.67. The van der Waals surface area contributed by atoms with Crippen LogP contribution in [0.15, 0.2) is 53.1 Å². The molecule has 206 valence electrons. The lowest BCUT2D eigenvalue weighted by atomic mass is 9.79. The number of ether oxygens (including phenoxy) is 1. The van der Waals surface area contributed by atoms with E-state index < -0.39 is 6.04 Å². The minimum absolute atomic E-state index is 0.153. The lowest BCUT2D eigenvalue weighted by molar-refractivity contribution is -0.173. The van der Waals surface area contributed by atoms with Crippen LogP contribution in [-0.4, -0.2) is 48.2 Å². The summed E-state index contributed by atoms with van der Waals surface area (Å²) in [5.74, 6) is -0.283. The second-order valence-electron chi connectivity index (χ2n) is 7.59. The number of amides is 1. The molecule has 2 unspecified atom stereocenters. The van der Waals surface area contributed by atoms with Crippen molar-refractivity contribution in [1.29, 1.82) is 0 Å². The van der Waals surface area contributed by atoms with Gasteiger partial charge < -0.3 is 4.74 Å². The van der Waals surface area contributed by atoms with Crippen LogP contribution in [0.2, 0.25) is 0 Å². The predicted octanol–water partition coefficient (Wildman–Crippen LogP) is 7.83. The lowest BCUT2D eigenvalue weighted by Crippen LogP contribution is -2.48. The van der Waals surface area contributed by atoms with Gasteiger partial charge in [-0.05, 0) is 62.3 Å². The number of aliphatic imine (C=N–C) groups is 1. The third-order valence-electron chi connectivity index (χ3n) is 5.47. The van der Waals surface area contributed by atoms with E-state index in [1.54, 1.807) is 24.4 Å². The van der Waals surface area contributed by atoms with E-state index in [1.165, 1.54) is 28.8 Å². The Labute approximate surface area is 220 Å². The summed E-state index contributed by atoms with van der Waals surface area (Å²) in [7, 11) is 0. The summed E-state index contributed by atoms with van der Waals surface area (Å²) >= 11 is 0. The molecule has 0 spiro atoms. The van der Waals surface area contributed by atoms with Crippen LogP contribution in [-0.2, 0) is 16.0 Å². The van der Waals surface area contributed by atoms with Crippen molar-refractivity contribution >= 4 is 12.1 Å². The van der Waals surface area contributed by atoms with Gasteiger partial charge in [0.2, 0.25) is 0 Å². The van der Waals surface area contributed by atoms with Crippen molar-refractivity contribution in [2.45, 2.75) is 93.5 Å². The van der Waals surface area contributed by atoms with Gasteiger partial charge in [-0.3, -0.25) is 15.0 Å². The second kappa shape index (κ2) is 23.1. The van der Waals surface area contributed by atoms with E-state index in [0.717, 1.165) is 43.8 Å². The number of fused-ring (bicyclic) bond motifs is 1. The maximum atomic E-state index is 12.2. The third-order valence-corrected chi connectivity index (χ3v) is 5.47.